The number of ether oxygens (including phenoxy) is 1. The van der Waals surface area contributed by atoms with Gasteiger partial charge in [0.25, 0.3) is 0 Å². The van der Waals surface area contributed by atoms with Crippen LogP contribution in [-0.2, 0) is 4.74 Å². The molecule has 1 aliphatic carbocycles. The fraction of sp³-hybridized carbons (Fsp3) is 0.263. The summed E-state index contributed by atoms with van der Waals surface area (Å²) in [6.45, 7) is 4.10. The number of hydrogen-bond donors (Lipinski definition) is 0. The van der Waals surface area contributed by atoms with Crippen LogP contribution in [0.3, 0.4) is 0 Å². The molecule has 2 aromatic carbocycles. The molecule has 0 saturated heterocycles. The summed E-state index contributed by atoms with van der Waals surface area (Å²) in [7, 11) is 1.71. The van der Waals surface area contributed by atoms with Gasteiger partial charge in [-0.15, -0.1) is 0 Å². The lowest BCUT2D eigenvalue weighted by molar-refractivity contribution is 0.0135. The zero-order chi connectivity index (χ0) is 15.0. The van der Waals surface area contributed by atoms with Crippen LogP contribution >= 0.6 is 0 Å². The Bertz CT molecular complexity index is 686. The van der Waals surface area contributed by atoms with Crippen LogP contribution in [0.15, 0.2) is 48.5 Å². The minimum atomic E-state index is -0.402. The topological polar surface area (TPSA) is 9.23 Å². The number of methoxy groups -OCH3 is 1. The van der Waals surface area contributed by atoms with E-state index in [1.807, 2.05) is 24.3 Å². The molecule has 1 nitrogen and oxygen atoms in total. The molecule has 2 aromatic rings. The van der Waals surface area contributed by atoms with E-state index in [9.17, 15) is 4.39 Å². The first-order chi connectivity index (χ1) is 10.0. The van der Waals surface area contributed by atoms with E-state index >= 15 is 0 Å². The van der Waals surface area contributed by atoms with Gasteiger partial charge in [0, 0.05) is 13.0 Å². The SMILES string of the molecule is COC(C)(C)C1C(c2ccccc2)=Cc2ccc(F)cc21. The lowest BCUT2D eigenvalue weighted by Gasteiger charge is -2.33. The van der Waals surface area contributed by atoms with Crippen LogP contribution in [0.4, 0.5) is 4.39 Å². The maximum absolute atomic E-state index is 13.7. The van der Waals surface area contributed by atoms with Gasteiger partial charge in [-0.3, -0.25) is 0 Å². The van der Waals surface area contributed by atoms with Crippen molar-refractivity contribution in [2.24, 2.45) is 0 Å². The number of halogens is 1. The van der Waals surface area contributed by atoms with Crippen LogP contribution in [0.25, 0.3) is 11.6 Å². The minimum Gasteiger partial charge on any atom is -0.378 e. The Morgan fingerprint density at radius 2 is 1.76 bits per heavy atom. The molecule has 0 saturated carbocycles. The molecule has 0 N–H and O–H groups in total. The molecular formula is C19H19FO. The third-order valence-corrected chi connectivity index (χ3v) is 4.31. The smallest absolute Gasteiger partial charge is 0.123 e. The van der Waals surface area contributed by atoms with Crippen molar-refractivity contribution in [1.82, 2.24) is 0 Å². The van der Waals surface area contributed by atoms with Crippen LogP contribution in [0.2, 0.25) is 0 Å². The van der Waals surface area contributed by atoms with E-state index < -0.39 is 5.60 Å². The standard InChI is InChI=1S/C19H19FO/c1-19(2,21-3)18-16(13-7-5-4-6-8-13)11-14-9-10-15(20)12-17(14)18/h4-12,18H,1-3H3. The molecule has 0 aromatic heterocycles. The zero-order valence-electron chi connectivity index (χ0n) is 12.6. The van der Waals surface area contributed by atoms with E-state index in [1.165, 1.54) is 11.6 Å². The third-order valence-electron chi connectivity index (χ3n) is 4.31. The van der Waals surface area contributed by atoms with Crippen LogP contribution in [0.1, 0.15) is 36.5 Å². The Labute approximate surface area is 125 Å². The molecule has 2 heteroatoms. The predicted octanol–water partition coefficient (Wildman–Crippen LogP) is 4.89. The van der Waals surface area contributed by atoms with Gasteiger partial charge in [-0.25, -0.2) is 4.39 Å². The second kappa shape index (κ2) is 5.12. The Kier molecular flexibility index (Phi) is 3.42. The average molecular weight is 282 g/mol. The van der Waals surface area contributed by atoms with Gasteiger partial charge in [0.15, 0.2) is 0 Å². The molecular weight excluding hydrogens is 263 g/mol. The largest absolute Gasteiger partial charge is 0.378 e. The summed E-state index contributed by atoms with van der Waals surface area (Å²) < 4.78 is 19.4. The second-order valence-electron chi connectivity index (χ2n) is 5.98. The summed E-state index contributed by atoms with van der Waals surface area (Å²) in [6.07, 6.45) is 2.15. The number of hydrogen-bond acceptors (Lipinski definition) is 1. The van der Waals surface area contributed by atoms with Crippen molar-refractivity contribution in [1.29, 1.82) is 0 Å². The van der Waals surface area contributed by atoms with E-state index in [-0.39, 0.29) is 11.7 Å². The summed E-state index contributed by atoms with van der Waals surface area (Å²) in [5.74, 6) is -0.177. The molecule has 0 fully saturated rings. The highest BCUT2D eigenvalue weighted by Gasteiger charge is 2.38. The summed E-state index contributed by atoms with van der Waals surface area (Å²) in [4.78, 5) is 0. The highest BCUT2D eigenvalue weighted by molar-refractivity contribution is 5.92. The van der Waals surface area contributed by atoms with Gasteiger partial charge in [-0.1, -0.05) is 42.5 Å². The van der Waals surface area contributed by atoms with Gasteiger partial charge in [-0.2, -0.15) is 0 Å². The second-order valence-corrected chi connectivity index (χ2v) is 5.98. The maximum Gasteiger partial charge on any atom is 0.123 e. The van der Waals surface area contributed by atoms with Gasteiger partial charge in [0.05, 0.1) is 5.60 Å². The minimum absolute atomic E-state index is 0.0237. The third kappa shape index (κ3) is 2.40. The molecule has 0 spiro atoms. The molecule has 108 valence electrons. The lowest BCUT2D eigenvalue weighted by atomic mass is 9.79. The van der Waals surface area contributed by atoms with E-state index in [2.05, 4.69) is 32.1 Å². The maximum atomic E-state index is 13.7. The molecule has 0 radical (unpaired) electrons. The summed E-state index contributed by atoms with van der Waals surface area (Å²) >= 11 is 0. The predicted molar refractivity (Wildman–Crippen MR) is 84.5 cm³/mol. The zero-order valence-corrected chi connectivity index (χ0v) is 12.6. The molecule has 0 bridgehead atoms. The molecule has 21 heavy (non-hydrogen) atoms. The van der Waals surface area contributed by atoms with Crippen molar-refractivity contribution in [3.63, 3.8) is 0 Å². The molecule has 0 aliphatic heterocycles. The lowest BCUT2D eigenvalue weighted by Crippen LogP contribution is -2.31. The number of benzene rings is 2. The quantitative estimate of drug-likeness (QED) is 0.779. The Morgan fingerprint density at radius 1 is 1.05 bits per heavy atom. The Hall–Kier alpha value is -1.93. The first-order valence-corrected chi connectivity index (χ1v) is 7.14. The van der Waals surface area contributed by atoms with Gasteiger partial charge in [0.2, 0.25) is 0 Å². The van der Waals surface area contributed by atoms with Gasteiger partial charge in [0.1, 0.15) is 5.82 Å². The van der Waals surface area contributed by atoms with Crippen molar-refractivity contribution in [2.45, 2.75) is 25.4 Å². The van der Waals surface area contributed by atoms with E-state index in [4.69, 9.17) is 4.74 Å². The molecule has 1 aliphatic rings. The molecule has 3 rings (SSSR count). The monoisotopic (exact) mass is 282 g/mol. The van der Waals surface area contributed by atoms with Gasteiger partial charge < -0.3 is 4.74 Å². The Balaban J connectivity index is 2.17. The molecule has 0 heterocycles. The van der Waals surface area contributed by atoms with E-state index in [0.717, 1.165) is 16.7 Å². The number of rotatable bonds is 3. The van der Waals surface area contributed by atoms with Gasteiger partial charge in [-0.05, 0) is 48.2 Å². The number of fused-ring (bicyclic) bond motifs is 1. The fourth-order valence-electron chi connectivity index (χ4n) is 3.09. The summed E-state index contributed by atoms with van der Waals surface area (Å²) in [5.41, 5.74) is 4.01. The van der Waals surface area contributed by atoms with Crippen LogP contribution < -0.4 is 0 Å². The van der Waals surface area contributed by atoms with Crippen molar-refractivity contribution in [3.05, 3.63) is 71.0 Å². The van der Waals surface area contributed by atoms with Crippen LogP contribution in [-0.4, -0.2) is 12.7 Å². The van der Waals surface area contributed by atoms with Crippen molar-refractivity contribution in [2.75, 3.05) is 7.11 Å². The Morgan fingerprint density at radius 3 is 2.43 bits per heavy atom. The summed E-state index contributed by atoms with van der Waals surface area (Å²) in [6, 6.07) is 15.2. The van der Waals surface area contributed by atoms with E-state index in [1.54, 1.807) is 13.2 Å². The molecule has 1 unspecified atom stereocenters. The first kappa shape index (κ1) is 14.0. The highest BCUT2D eigenvalue weighted by atomic mass is 19.1. The van der Waals surface area contributed by atoms with Crippen molar-refractivity contribution >= 4 is 11.6 Å². The molecule has 0 amide bonds. The van der Waals surface area contributed by atoms with Crippen LogP contribution in [0, 0.1) is 5.82 Å². The van der Waals surface area contributed by atoms with Crippen molar-refractivity contribution in [3.8, 4) is 0 Å². The molecule has 1 atom stereocenters. The van der Waals surface area contributed by atoms with Crippen LogP contribution in [0.5, 0.6) is 0 Å². The average Bonchev–Trinajstić information content (AvgIpc) is 2.87. The normalized spacial score (nSPS) is 17.5. The summed E-state index contributed by atoms with van der Waals surface area (Å²) in [5, 5.41) is 0. The first-order valence-electron chi connectivity index (χ1n) is 7.14. The van der Waals surface area contributed by atoms with Gasteiger partial charge >= 0.3 is 0 Å². The van der Waals surface area contributed by atoms with E-state index in [0.29, 0.717) is 0 Å². The fourth-order valence-corrected chi connectivity index (χ4v) is 3.09. The van der Waals surface area contributed by atoms with Crippen molar-refractivity contribution < 1.29 is 9.13 Å². The highest BCUT2D eigenvalue weighted by Crippen LogP contribution is 2.48.